The van der Waals surface area contributed by atoms with Crippen LogP contribution in [0.4, 0.5) is 11.5 Å². The molecule has 20 heavy (non-hydrogen) atoms. The van der Waals surface area contributed by atoms with Crippen LogP contribution in [-0.4, -0.2) is 4.92 Å². The van der Waals surface area contributed by atoms with Crippen LogP contribution in [0, 0.1) is 10.1 Å². The van der Waals surface area contributed by atoms with Gasteiger partial charge in [-0.2, -0.15) is 0 Å². The third-order valence-electron chi connectivity index (χ3n) is 3.71. The molecule has 1 aromatic carbocycles. The second kappa shape index (κ2) is 5.28. The molecule has 0 radical (unpaired) electrons. The van der Waals surface area contributed by atoms with E-state index in [4.69, 9.17) is 0 Å². The van der Waals surface area contributed by atoms with E-state index in [1.54, 1.807) is 6.07 Å². The number of aromatic nitrogens is 1. The highest BCUT2D eigenvalue weighted by molar-refractivity contribution is 5.41. The first-order valence-electron chi connectivity index (χ1n) is 6.74. The fraction of sp³-hybridized carbons (Fsp3) is 0.267. The Hall–Kier alpha value is -2.43. The Balaban J connectivity index is 1.80. The molecule has 5 nitrogen and oxygen atoms in total. The molecule has 0 bridgehead atoms. The molecule has 0 aliphatic heterocycles. The monoisotopic (exact) mass is 270 g/mol. The molecule has 0 fully saturated rings. The lowest BCUT2D eigenvalue weighted by atomic mass is 9.88. The largest absolute Gasteiger partial charge is 0.308 e. The summed E-state index contributed by atoms with van der Waals surface area (Å²) >= 11 is 0. The van der Waals surface area contributed by atoms with Crippen LogP contribution in [0.15, 0.2) is 42.6 Å². The van der Waals surface area contributed by atoms with Crippen LogP contribution in [-0.2, 0) is 6.42 Å². The molecule has 1 atom stereocenters. The van der Waals surface area contributed by atoms with Crippen molar-refractivity contribution >= 4 is 11.5 Å². The van der Waals surface area contributed by atoms with Crippen LogP contribution in [0.1, 0.15) is 30.0 Å². The van der Waals surface area contributed by atoms with E-state index in [0.717, 1.165) is 25.1 Å². The van der Waals surface area contributed by atoms with Crippen molar-refractivity contribution in [1.29, 1.82) is 0 Å². The van der Waals surface area contributed by atoms with Crippen molar-refractivity contribution in [3.05, 3.63) is 63.8 Å². The van der Waals surface area contributed by atoms with Gasteiger partial charge in [0.1, 0.15) is 6.04 Å². The maximum Gasteiger partial charge on any atom is 0.308 e. The zero-order valence-electron chi connectivity index (χ0n) is 11.0. The minimum Gasteiger partial charge on any atom is -0.268 e. The van der Waals surface area contributed by atoms with Crippen LogP contribution in [0.5, 0.6) is 0 Å². The highest BCUT2D eigenvalue weighted by Crippen LogP contribution is 2.31. The predicted octanol–water partition coefficient (Wildman–Crippen LogP) is 2.90. The van der Waals surface area contributed by atoms with Crippen molar-refractivity contribution in [3.8, 4) is 0 Å². The molecule has 102 valence electrons. The van der Waals surface area contributed by atoms with Crippen molar-refractivity contribution in [3.63, 3.8) is 0 Å². The molecule has 0 unspecified atom stereocenters. The number of nitro groups is 1. The Morgan fingerprint density at radius 3 is 2.85 bits per heavy atom. The van der Waals surface area contributed by atoms with Gasteiger partial charge in [-0.05, 0) is 30.4 Å². The molecule has 1 aromatic heterocycles. The van der Waals surface area contributed by atoms with E-state index in [2.05, 4.69) is 34.6 Å². The molecule has 0 amide bonds. The number of nitrogens with zero attached hydrogens (tertiary/aromatic N) is 1. The van der Waals surface area contributed by atoms with Gasteiger partial charge in [0.25, 0.3) is 5.82 Å². The lowest BCUT2D eigenvalue weighted by Gasteiger charge is -2.22. The maximum atomic E-state index is 10.6. The van der Waals surface area contributed by atoms with E-state index in [9.17, 15) is 10.1 Å². The summed E-state index contributed by atoms with van der Waals surface area (Å²) in [5.74, 6) is 0.803. The standard InChI is InChI=1S/C15H15N3O2/c19-18(20)12-8-9-15(16-10-12)17-14-7-3-5-11-4-1-2-6-13(11)14/h1-2,4,6,8-10,14H,3,5,7H2,(H,16,17)/p+1/t14-/m0/s1. The van der Waals surface area contributed by atoms with E-state index < -0.39 is 4.92 Å². The number of hydrogen-bond donors (Lipinski definition) is 1. The van der Waals surface area contributed by atoms with E-state index in [0.29, 0.717) is 0 Å². The van der Waals surface area contributed by atoms with Gasteiger partial charge in [-0.15, -0.1) is 0 Å². The summed E-state index contributed by atoms with van der Waals surface area (Å²) in [4.78, 5) is 13.2. The number of anilines is 1. The normalized spacial score (nSPS) is 17.3. The van der Waals surface area contributed by atoms with E-state index in [1.165, 1.54) is 23.4 Å². The van der Waals surface area contributed by atoms with Crippen LogP contribution in [0.25, 0.3) is 0 Å². The Morgan fingerprint density at radius 1 is 1.25 bits per heavy atom. The van der Waals surface area contributed by atoms with Crippen molar-refractivity contribution < 1.29 is 9.91 Å². The fourth-order valence-corrected chi connectivity index (χ4v) is 2.71. The number of pyridine rings is 1. The summed E-state index contributed by atoms with van der Waals surface area (Å²) in [7, 11) is 0. The van der Waals surface area contributed by atoms with Crippen molar-refractivity contribution in [2.45, 2.75) is 25.3 Å². The highest BCUT2D eigenvalue weighted by Gasteiger charge is 2.23. The average Bonchev–Trinajstić information content (AvgIpc) is 2.48. The van der Waals surface area contributed by atoms with Gasteiger partial charge in [0, 0.05) is 12.1 Å². The van der Waals surface area contributed by atoms with Gasteiger partial charge in [0.15, 0.2) is 6.20 Å². The topological polar surface area (TPSA) is 69.3 Å². The summed E-state index contributed by atoms with van der Waals surface area (Å²) < 4.78 is 0. The predicted molar refractivity (Wildman–Crippen MR) is 75.4 cm³/mol. The lowest BCUT2D eigenvalue weighted by Crippen LogP contribution is -2.21. The van der Waals surface area contributed by atoms with Gasteiger partial charge in [-0.1, -0.05) is 24.3 Å². The van der Waals surface area contributed by atoms with Crippen molar-refractivity contribution in [2.75, 3.05) is 5.32 Å². The van der Waals surface area contributed by atoms with E-state index in [1.807, 2.05) is 0 Å². The Bertz CT molecular complexity index is 625. The number of H-pyrrole nitrogens is 1. The van der Waals surface area contributed by atoms with Crippen molar-refractivity contribution in [2.24, 2.45) is 0 Å². The molecule has 2 N–H and O–H groups in total. The number of aromatic amines is 1. The highest BCUT2D eigenvalue weighted by atomic mass is 16.6. The van der Waals surface area contributed by atoms with E-state index >= 15 is 0 Å². The quantitative estimate of drug-likeness (QED) is 0.688. The van der Waals surface area contributed by atoms with Crippen LogP contribution < -0.4 is 10.3 Å². The summed E-state index contributed by atoms with van der Waals surface area (Å²) in [6, 6.07) is 11.9. The summed E-state index contributed by atoms with van der Waals surface area (Å²) in [5.41, 5.74) is 2.78. The van der Waals surface area contributed by atoms with Gasteiger partial charge in [-0.25, -0.2) is 4.98 Å². The smallest absolute Gasteiger partial charge is 0.268 e. The molecule has 0 spiro atoms. The Morgan fingerprint density at radius 2 is 2.10 bits per heavy atom. The fourth-order valence-electron chi connectivity index (χ4n) is 2.71. The molecular weight excluding hydrogens is 254 g/mol. The van der Waals surface area contributed by atoms with Gasteiger partial charge in [-0.3, -0.25) is 15.4 Å². The van der Waals surface area contributed by atoms with Gasteiger partial charge in [0.2, 0.25) is 0 Å². The lowest BCUT2D eigenvalue weighted by molar-refractivity contribution is -0.413. The maximum absolute atomic E-state index is 10.6. The van der Waals surface area contributed by atoms with Gasteiger partial charge >= 0.3 is 5.69 Å². The van der Waals surface area contributed by atoms with Crippen LogP contribution in [0.3, 0.4) is 0 Å². The molecule has 1 aliphatic carbocycles. The Kier molecular flexibility index (Phi) is 3.33. The summed E-state index contributed by atoms with van der Waals surface area (Å²) in [5, 5.41) is 14.1. The number of benzene rings is 1. The second-order valence-corrected chi connectivity index (χ2v) is 5.01. The average molecular weight is 270 g/mol. The number of fused-ring (bicyclic) bond motifs is 1. The molecule has 3 rings (SSSR count). The molecule has 1 heterocycles. The number of nitrogens with one attached hydrogen (secondary N) is 2. The molecule has 0 saturated heterocycles. The third kappa shape index (κ3) is 2.47. The second-order valence-electron chi connectivity index (χ2n) is 5.01. The summed E-state index contributed by atoms with van der Waals surface area (Å²) in [6.07, 6.45) is 4.76. The number of aryl methyl sites for hydroxylation is 1. The minimum absolute atomic E-state index is 0.0691. The first kappa shape index (κ1) is 12.6. The number of hydrogen-bond acceptors (Lipinski definition) is 3. The van der Waals surface area contributed by atoms with Gasteiger partial charge < -0.3 is 0 Å². The SMILES string of the molecule is O=[N+]([O-])c1ccc(N[C@H]2CCCc3ccccc32)[nH+]c1. The van der Waals surface area contributed by atoms with Crippen LogP contribution >= 0.6 is 0 Å². The van der Waals surface area contributed by atoms with Crippen LogP contribution in [0.2, 0.25) is 0 Å². The van der Waals surface area contributed by atoms with E-state index in [-0.39, 0.29) is 11.7 Å². The minimum atomic E-state index is -0.407. The molecule has 1 aliphatic rings. The third-order valence-corrected chi connectivity index (χ3v) is 3.71. The first-order chi connectivity index (χ1) is 9.74. The Labute approximate surface area is 116 Å². The molecule has 2 aromatic rings. The molecule has 5 heteroatoms. The number of rotatable bonds is 3. The zero-order valence-corrected chi connectivity index (χ0v) is 11.0. The van der Waals surface area contributed by atoms with Crippen molar-refractivity contribution in [1.82, 2.24) is 0 Å². The van der Waals surface area contributed by atoms with Gasteiger partial charge in [0.05, 0.1) is 4.92 Å². The zero-order chi connectivity index (χ0) is 13.9. The first-order valence-corrected chi connectivity index (χ1v) is 6.74. The molecular formula is C15H16N3O2+. The summed E-state index contributed by atoms with van der Waals surface area (Å²) in [6.45, 7) is 0. The molecule has 0 saturated carbocycles.